The highest BCUT2D eigenvalue weighted by molar-refractivity contribution is 6.06. The summed E-state index contributed by atoms with van der Waals surface area (Å²) < 4.78 is 1.54. The third-order valence-electron chi connectivity index (χ3n) is 4.82. The van der Waals surface area contributed by atoms with Crippen molar-refractivity contribution < 1.29 is 15.5 Å². The first-order valence-corrected chi connectivity index (χ1v) is 9.28. The van der Waals surface area contributed by atoms with Crippen LogP contribution in [-0.4, -0.2) is 20.6 Å². The summed E-state index contributed by atoms with van der Waals surface area (Å²) >= 11 is 0. The lowest BCUT2D eigenvalue weighted by molar-refractivity contribution is -0.991. The summed E-state index contributed by atoms with van der Waals surface area (Å²) in [5.74, 6) is -0.154. The zero-order chi connectivity index (χ0) is 21.3. The normalized spacial score (nSPS) is 12.8. The van der Waals surface area contributed by atoms with Crippen molar-refractivity contribution in [1.82, 2.24) is 4.57 Å². The van der Waals surface area contributed by atoms with Crippen LogP contribution in [0.3, 0.4) is 0 Å². The molecule has 0 radical (unpaired) electrons. The fourth-order valence-corrected chi connectivity index (χ4v) is 3.44. The Bertz CT molecular complexity index is 1310. The van der Waals surface area contributed by atoms with Gasteiger partial charge in [0.15, 0.2) is 5.69 Å². The van der Waals surface area contributed by atoms with Gasteiger partial charge in [-0.1, -0.05) is 36.4 Å². The van der Waals surface area contributed by atoms with Gasteiger partial charge in [-0.2, -0.15) is 5.23 Å². The van der Waals surface area contributed by atoms with Crippen LogP contribution in [0.2, 0.25) is 0 Å². The number of quaternary nitrogens is 1. The average Bonchev–Trinajstić information content (AvgIpc) is 2.75. The molecule has 0 saturated heterocycles. The molecule has 1 aromatic heterocycles. The van der Waals surface area contributed by atoms with Crippen LogP contribution < -0.4 is 10.8 Å². The summed E-state index contributed by atoms with van der Waals surface area (Å²) in [5.41, 5.74) is 1.66. The number of nitrogens with one attached hydrogen (secondary N) is 1. The Balaban J connectivity index is 1.98. The van der Waals surface area contributed by atoms with Crippen LogP contribution in [0.1, 0.15) is 12.5 Å². The fraction of sp³-hybridized carbons (Fsp3) is 0.0435. The summed E-state index contributed by atoms with van der Waals surface area (Å²) in [5, 5.41) is 30.8. The van der Waals surface area contributed by atoms with Crippen LogP contribution in [0.25, 0.3) is 16.6 Å². The van der Waals surface area contributed by atoms with Gasteiger partial charge in [-0.25, -0.2) is 5.21 Å². The number of nitrogens with zero attached hydrogens (tertiary/aromatic N) is 2. The first kappa shape index (κ1) is 19.5. The van der Waals surface area contributed by atoms with E-state index >= 15 is 0 Å². The van der Waals surface area contributed by atoms with Crippen LogP contribution in [0, 0.1) is 5.21 Å². The Kier molecular flexibility index (Phi) is 5.16. The van der Waals surface area contributed by atoms with Crippen LogP contribution in [0.4, 0.5) is 11.4 Å². The smallest absolute Gasteiger partial charge is 0.268 e. The number of aromatic nitrogens is 1. The van der Waals surface area contributed by atoms with Gasteiger partial charge >= 0.3 is 0 Å². The monoisotopic (exact) mass is 401 g/mol. The van der Waals surface area contributed by atoms with Crippen molar-refractivity contribution in [3.8, 4) is 11.4 Å². The molecule has 7 heteroatoms. The number of aromatic hydroxyl groups is 1. The molecule has 0 aliphatic carbocycles. The number of hydrogen-bond donors (Lipinski definition) is 3. The quantitative estimate of drug-likeness (QED) is 0.361. The second-order valence-corrected chi connectivity index (χ2v) is 6.77. The molecular weight excluding hydrogens is 382 g/mol. The van der Waals surface area contributed by atoms with Gasteiger partial charge in [0.1, 0.15) is 11.3 Å². The molecule has 0 aliphatic heterocycles. The zero-order valence-electron chi connectivity index (χ0n) is 16.1. The first-order valence-electron chi connectivity index (χ1n) is 9.28. The Labute approximate surface area is 171 Å². The van der Waals surface area contributed by atoms with E-state index in [0.717, 1.165) is 0 Å². The van der Waals surface area contributed by atoms with Gasteiger partial charge in [0.2, 0.25) is 0 Å². The molecule has 0 amide bonds. The molecule has 0 saturated carbocycles. The van der Waals surface area contributed by atoms with Gasteiger partial charge in [-0.15, -0.1) is 0 Å². The lowest BCUT2D eigenvalue weighted by Gasteiger charge is -2.15. The summed E-state index contributed by atoms with van der Waals surface area (Å²) in [7, 11) is 0. The van der Waals surface area contributed by atoms with E-state index in [1.54, 1.807) is 43.3 Å². The standard InChI is InChI=1S/C23H19N3O4/c1-15(24-16-8-7-11-18(14-16)26(29)30)21-22(27)19-12-5-6-13-20(19)25(23(21)28)17-9-3-2-4-10-17/h2-14,26-27,29H,1H3. The van der Waals surface area contributed by atoms with E-state index in [2.05, 4.69) is 4.99 Å². The number of fused-ring (bicyclic) bond motifs is 1. The fourth-order valence-electron chi connectivity index (χ4n) is 3.44. The highest BCUT2D eigenvalue weighted by Gasteiger charge is 2.19. The highest BCUT2D eigenvalue weighted by atomic mass is 16.8. The minimum absolute atomic E-state index is 0.0679. The van der Waals surface area contributed by atoms with E-state index in [0.29, 0.717) is 22.3 Å². The van der Waals surface area contributed by atoms with Crippen molar-refractivity contribution in [2.24, 2.45) is 4.99 Å². The van der Waals surface area contributed by atoms with E-state index in [-0.39, 0.29) is 22.7 Å². The Hall–Kier alpha value is -3.78. The average molecular weight is 401 g/mol. The zero-order valence-corrected chi connectivity index (χ0v) is 16.1. The van der Waals surface area contributed by atoms with E-state index in [4.69, 9.17) is 0 Å². The highest BCUT2D eigenvalue weighted by Crippen LogP contribution is 2.29. The van der Waals surface area contributed by atoms with Crippen molar-refractivity contribution in [2.75, 3.05) is 0 Å². The van der Waals surface area contributed by atoms with Crippen LogP contribution in [0.5, 0.6) is 5.75 Å². The van der Waals surface area contributed by atoms with E-state index in [9.17, 15) is 20.3 Å². The first-order chi connectivity index (χ1) is 14.5. The third-order valence-corrected chi connectivity index (χ3v) is 4.82. The Morgan fingerprint density at radius 1 is 1.00 bits per heavy atom. The predicted octanol–water partition coefficient (Wildman–Crippen LogP) is 3.24. The van der Waals surface area contributed by atoms with Crippen molar-refractivity contribution in [2.45, 2.75) is 6.92 Å². The second-order valence-electron chi connectivity index (χ2n) is 6.77. The summed E-state index contributed by atoms with van der Waals surface area (Å²) in [6, 6.07) is 22.4. The van der Waals surface area contributed by atoms with E-state index in [1.165, 1.54) is 16.7 Å². The SMILES string of the molecule is CC(=Nc1cccc([NH+]([O-])O)c1)c1c(O)c2ccccc2n(-c2ccccc2)c1=O. The predicted molar refractivity (Wildman–Crippen MR) is 115 cm³/mol. The van der Waals surface area contributed by atoms with E-state index < -0.39 is 10.8 Å². The number of hydrogen-bond acceptors (Lipinski definition) is 5. The molecule has 4 rings (SSSR count). The largest absolute Gasteiger partial charge is 0.595 e. The molecule has 1 unspecified atom stereocenters. The van der Waals surface area contributed by atoms with Crippen molar-refractivity contribution in [3.63, 3.8) is 0 Å². The molecule has 0 spiro atoms. The lowest BCUT2D eigenvalue weighted by Crippen LogP contribution is -2.99. The molecule has 0 bridgehead atoms. The number of benzene rings is 3. The number of rotatable bonds is 4. The molecule has 30 heavy (non-hydrogen) atoms. The van der Waals surface area contributed by atoms with Gasteiger partial charge in [0.25, 0.3) is 5.56 Å². The maximum absolute atomic E-state index is 13.4. The number of pyridine rings is 1. The summed E-state index contributed by atoms with van der Waals surface area (Å²) in [4.78, 5) is 17.9. The van der Waals surface area contributed by atoms with Crippen molar-refractivity contribution in [3.05, 3.63) is 100.0 Å². The molecule has 1 heterocycles. The third kappa shape index (κ3) is 3.48. The molecule has 0 aliphatic rings. The lowest BCUT2D eigenvalue weighted by atomic mass is 10.1. The summed E-state index contributed by atoms with van der Waals surface area (Å²) in [6.45, 7) is 1.62. The minimum atomic E-state index is -1.07. The van der Waals surface area contributed by atoms with Gasteiger partial charge < -0.3 is 10.3 Å². The molecule has 4 aromatic rings. The summed E-state index contributed by atoms with van der Waals surface area (Å²) in [6.07, 6.45) is 0. The molecule has 7 nitrogen and oxygen atoms in total. The van der Waals surface area contributed by atoms with Gasteiger partial charge in [0.05, 0.1) is 16.9 Å². The molecular formula is C23H19N3O4. The van der Waals surface area contributed by atoms with Gasteiger partial charge in [0, 0.05) is 23.2 Å². The van der Waals surface area contributed by atoms with Crippen LogP contribution in [0.15, 0.2) is 88.6 Å². The number of aliphatic imine (C=N–C) groups is 1. The Morgan fingerprint density at radius 2 is 1.70 bits per heavy atom. The Morgan fingerprint density at radius 3 is 2.43 bits per heavy atom. The van der Waals surface area contributed by atoms with Crippen LogP contribution >= 0.6 is 0 Å². The maximum Gasteiger partial charge on any atom is 0.268 e. The van der Waals surface area contributed by atoms with Crippen molar-refractivity contribution >= 4 is 28.0 Å². The molecule has 0 fully saturated rings. The van der Waals surface area contributed by atoms with E-state index in [1.807, 2.05) is 30.3 Å². The topological polar surface area (TPSA) is 102 Å². The maximum atomic E-state index is 13.4. The van der Waals surface area contributed by atoms with Gasteiger partial charge in [-0.3, -0.25) is 14.4 Å². The molecule has 3 N–H and O–H groups in total. The van der Waals surface area contributed by atoms with Crippen molar-refractivity contribution in [1.29, 1.82) is 0 Å². The molecule has 3 aromatic carbocycles. The minimum Gasteiger partial charge on any atom is -0.595 e. The van der Waals surface area contributed by atoms with Crippen LogP contribution in [-0.2, 0) is 0 Å². The molecule has 150 valence electrons. The molecule has 1 atom stereocenters. The van der Waals surface area contributed by atoms with Gasteiger partial charge in [-0.05, 0) is 37.3 Å². The number of para-hydroxylation sites is 2. The second kappa shape index (κ2) is 7.92.